The first-order valence-corrected chi connectivity index (χ1v) is 7.12. The van der Waals surface area contributed by atoms with Crippen molar-refractivity contribution >= 4 is 17.7 Å². The number of ether oxygens (including phenoxy) is 1. The molecule has 16 heavy (non-hydrogen) atoms. The predicted octanol–water partition coefficient (Wildman–Crippen LogP) is 2.20. The molecular formula is C12H23NO2S. The van der Waals surface area contributed by atoms with Gasteiger partial charge in [-0.15, -0.1) is 0 Å². The van der Waals surface area contributed by atoms with Crippen LogP contribution in [0, 0.1) is 0 Å². The average Bonchev–Trinajstić information content (AvgIpc) is 2.35. The summed E-state index contributed by atoms with van der Waals surface area (Å²) >= 11 is 2.00. The quantitative estimate of drug-likeness (QED) is 0.754. The van der Waals surface area contributed by atoms with Gasteiger partial charge in [0.05, 0.1) is 7.11 Å². The number of esters is 1. The lowest BCUT2D eigenvalue weighted by Gasteiger charge is -2.38. The molecule has 1 aliphatic rings. The van der Waals surface area contributed by atoms with E-state index in [0.717, 1.165) is 19.3 Å². The second-order valence-electron chi connectivity index (χ2n) is 4.41. The molecule has 0 aliphatic heterocycles. The van der Waals surface area contributed by atoms with Crippen LogP contribution in [0.25, 0.3) is 0 Å². The van der Waals surface area contributed by atoms with Gasteiger partial charge >= 0.3 is 5.97 Å². The van der Waals surface area contributed by atoms with Gasteiger partial charge in [-0.1, -0.05) is 6.92 Å². The van der Waals surface area contributed by atoms with Gasteiger partial charge in [-0.3, -0.25) is 4.79 Å². The summed E-state index contributed by atoms with van der Waals surface area (Å²) in [7, 11) is 3.34. The zero-order valence-electron chi connectivity index (χ0n) is 10.5. The topological polar surface area (TPSA) is 38.3 Å². The number of carbonyl (C=O) groups is 1. The number of hydrogen-bond acceptors (Lipinski definition) is 4. The molecule has 0 saturated heterocycles. The van der Waals surface area contributed by atoms with Crippen LogP contribution < -0.4 is 5.32 Å². The van der Waals surface area contributed by atoms with E-state index in [1.807, 2.05) is 18.8 Å². The lowest BCUT2D eigenvalue weighted by Crippen LogP contribution is -2.54. The first kappa shape index (κ1) is 13.8. The van der Waals surface area contributed by atoms with Crippen LogP contribution in [0.15, 0.2) is 0 Å². The Morgan fingerprint density at radius 1 is 1.62 bits per heavy atom. The van der Waals surface area contributed by atoms with Crippen molar-refractivity contribution in [1.29, 1.82) is 0 Å². The molecule has 0 aromatic carbocycles. The Kier molecular flexibility index (Phi) is 5.62. The van der Waals surface area contributed by atoms with Gasteiger partial charge in [0, 0.05) is 5.25 Å². The lowest BCUT2D eigenvalue weighted by atomic mass is 9.81. The molecular weight excluding hydrogens is 222 g/mol. The molecule has 2 atom stereocenters. The van der Waals surface area contributed by atoms with E-state index in [1.54, 1.807) is 0 Å². The fourth-order valence-corrected chi connectivity index (χ4v) is 3.67. The Morgan fingerprint density at radius 3 is 2.94 bits per heavy atom. The summed E-state index contributed by atoms with van der Waals surface area (Å²) in [5, 5.41) is 3.78. The summed E-state index contributed by atoms with van der Waals surface area (Å²) in [6.07, 6.45) is 5.34. The number of nitrogens with one attached hydrogen (secondary N) is 1. The Balaban J connectivity index is 2.61. The van der Waals surface area contributed by atoms with Gasteiger partial charge in [-0.2, -0.15) is 11.8 Å². The molecule has 0 bridgehead atoms. The largest absolute Gasteiger partial charge is 0.468 e. The van der Waals surface area contributed by atoms with Crippen molar-refractivity contribution in [3.05, 3.63) is 0 Å². The maximum absolute atomic E-state index is 11.8. The van der Waals surface area contributed by atoms with Crippen molar-refractivity contribution in [2.45, 2.75) is 49.8 Å². The maximum atomic E-state index is 11.8. The van der Waals surface area contributed by atoms with Crippen LogP contribution in [0.4, 0.5) is 0 Å². The van der Waals surface area contributed by atoms with Crippen LogP contribution in [0.1, 0.15) is 39.0 Å². The van der Waals surface area contributed by atoms with Gasteiger partial charge in [0.25, 0.3) is 0 Å². The fourth-order valence-electron chi connectivity index (χ4n) is 2.36. The monoisotopic (exact) mass is 245 g/mol. The van der Waals surface area contributed by atoms with Gasteiger partial charge in [0.1, 0.15) is 5.54 Å². The van der Waals surface area contributed by atoms with E-state index in [2.05, 4.69) is 12.2 Å². The number of likely N-dealkylation sites (N-methyl/N-ethyl adjacent to an activating group) is 1. The van der Waals surface area contributed by atoms with E-state index < -0.39 is 5.54 Å². The molecule has 0 aromatic rings. The van der Waals surface area contributed by atoms with Crippen LogP contribution in [-0.4, -0.2) is 36.7 Å². The van der Waals surface area contributed by atoms with E-state index in [1.165, 1.54) is 25.7 Å². The molecule has 3 nitrogen and oxygen atoms in total. The van der Waals surface area contributed by atoms with E-state index in [9.17, 15) is 4.79 Å². The highest BCUT2D eigenvalue weighted by molar-refractivity contribution is 7.99. The number of thioether (sulfide) groups is 1. The summed E-state index contributed by atoms with van der Waals surface area (Å²) in [6, 6.07) is 0. The van der Waals surface area contributed by atoms with Gasteiger partial charge in [0.2, 0.25) is 0 Å². The predicted molar refractivity (Wildman–Crippen MR) is 68.8 cm³/mol. The van der Waals surface area contributed by atoms with Crippen molar-refractivity contribution in [3.8, 4) is 0 Å². The molecule has 0 spiro atoms. The minimum absolute atomic E-state index is 0.100. The Morgan fingerprint density at radius 2 is 2.38 bits per heavy atom. The zero-order valence-corrected chi connectivity index (χ0v) is 11.4. The van der Waals surface area contributed by atoms with Gasteiger partial charge < -0.3 is 10.1 Å². The van der Waals surface area contributed by atoms with Crippen molar-refractivity contribution in [2.75, 3.05) is 19.9 Å². The van der Waals surface area contributed by atoms with Crippen molar-refractivity contribution in [2.24, 2.45) is 0 Å². The first-order chi connectivity index (χ1) is 7.68. The maximum Gasteiger partial charge on any atom is 0.326 e. The van der Waals surface area contributed by atoms with E-state index in [-0.39, 0.29) is 5.97 Å². The molecule has 1 aliphatic carbocycles. The van der Waals surface area contributed by atoms with Crippen LogP contribution >= 0.6 is 11.8 Å². The SMILES string of the molecule is CCCSC1CCCC(NC)(C(=O)OC)C1. The van der Waals surface area contributed by atoms with Crippen LogP contribution in [0.2, 0.25) is 0 Å². The summed E-state index contributed by atoms with van der Waals surface area (Å²) in [5.41, 5.74) is -0.432. The molecule has 1 saturated carbocycles. The third kappa shape index (κ3) is 3.14. The van der Waals surface area contributed by atoms with E-state index >= 15 is 0 Å². The third-order valence-corrected chi connectivity index (χ3v) is 4.84. The smallest absolute Gasteiger partial charge is 0.326 e. The third-order valence-electron chi connectivity index (χ3n) is 3.32. The van der Waals surface area contributed by atoms with Gasteiger partial charge in [-0.05, 0) is 44.9 Å². The number of rotatable bonds is 5. The minimum atomic E-state index is -0.432. The standard InChI is InChI=1S/C12H23NO2S/c1-4-8-16-10-6-5-7-12(9-10,13-2)11(14)15-3/h10,13H,4-9H2,1-3H3. The van der Waals surface area contributed by atoms with E-state index in [0.29, 0.717) is 5.25 Å². The zero-order chi connectivity index (χ0) is 12.0. The molecule has 1 fully saturated rings. The molecule has 0 amide bonds. The molecule has 0 heterocycles. The normalized spacial score (nSPS) is 30.1. The summed E-state index contributed by atoms with van der Waals surface area (Å²) in [6.45, 7) is 2.20. The molecule has 4 heteroatoms. The van der Waals surface area contributed by atoms with E-state index in [4.69, 9.17) is 4.74 Å². The fraction of sp³-hybridized carbons (Fsp3) is 0.917. The highest BCUT2D eigenvalue weighted by Crippen LogP contribution is 2.35. The molecule has 94 valence electrons. The summed E-state index contributed by atoms with van der Waals surface area (Å²) < 4.78 is 4.93. The lowest BCUT2D eigenvalue weighted by molar-refractivity contribution is -0.149. The van der Waals surface area contributed by atoms with Gasteiger partial charge in [0.15, 0.2) is 0 Å². The Labute approximate surface area is 103 Å². The number of carbonyl (C=O) groups excluding carboxylic acids is 1. The average molecular weight is 245 g/mol. The Bertz CT molecular complexity index is 235. The summed E-state index contributed by atoms with van der Waals surface area (Å²) in [5.74, 6) is 1.09. The number of methoxy groups -OCH3 is 1. The molecule has 1 rings (SSSR count). The molecule has 2 unspecified atom stereocenters. The second kappa shape index (κ2) is 6.50. The van der Waals surface area contributed by atoms with Gasteiger partial charge in [-0.25, -0.2) is 0 Å². The highest BCUT2D eigenvalue weighted by atomic mass is 32.2. The first-order valence-electron chi connectivity index (χ1n) is 6.07. The number of hydrogen-bond donors (Lipinski definition) is 1. The molecule has 1 N–H and O–H groups in total. The minimum Gasteiger partial charge on any atom is -0.468 e. The van der Waals surface area contributed by atoms with Crippen LogP contribution in [0.3, 0.4) is 0 Å². The van der Waals surface area contributed by atoms with Crippen LogP contribution in [0.5, 0.6) is 0 Å². The van der Waals surface area contributed by atoms with Crippen LogP contribution in [-0.2, 0) is 9.53 Å². The highest BCUT2D eigenvalue weighted by Gasteiger charge is 2.42. The second-order valence-corrected chi connectivity index (χ2v) is 5.82. The summed E-state index contributed by atoms with van der Waals surface area (Å²) in [4.78, 5) is 11.8. The van der Waals surface area contributed by atoms with Crippen molar-refractivity contribution < 1.29 is 9.53 Å². The Hall–Kier alpha value is -0.220. The van der Waals surface area contributed by atoms with Crippen molar-refractivity contribution in [3.63, 3.8) is 0 Å². The van der Waals surface area contributed by atoms with Crippen molar-refractivity contribution in [1.82, 2.24) is 5.32 Å². The molecule has 0 aromatic heterocycles. The molecule has 0 radical (unpaired) electrons.